The van der Waals surface area contributed by atoms with Crippen LogP contribution in [0.1, 0.15) is 99.3 Å². The second kappa shape index (κ2) is 19.6. The predicted molar refractivity (Wildman–Crippen MR) is 187 cm³/mol. The van der Waals surface area contributed by atoms with E-state index in [1.807, 2.05) is 20.8 Å². The second-order valence-electron chi connectivity index (χ2n) is 14.9. The minimum atomic E-state index is -1.82. The highest BCUT2D eigenvalue weighted by Gasteiger charge is 2.51. The molecule has 2 saturated heterocycles. The van der Waals surface area contributed by atoms with Crippen LogP contribution < -0.4 is 0 Å². The van der Waals surface area contributed by atoms with E-state index in [0.29, 0.717) is 45.1 Å². The van der Waals surface area contributed by atoms with Crippen LogP contribution in [0.15, 0.2) is 16.8 Å². The van der Waals surface area contributed by atoms with Crippen LogP contribution in [-0.2, 0) is 33.4 Å². The molecule has 3 rings (SSSR count). The predicted octanol–water partition coefficient (Wildman–Crippen LogP) is 3.35. The maximum Gasteiger partial charge on any atom is 0.329 e. The molecule has 1 amide bonds. The number of carbonyl (C=O) groups is 2. The molecule has 3 aliphatic heterocycles. The van der Waals surface area contributed by atoms with Crippen LogP contribution in [0, 0.1) is 23.7 Å². The first kappa shape index (κ1) is 42.3. The SMILES string of the molecule is CC[C@@H]1/C=C(\C)C[C@H](C)C[C@H](OC)[C@H]2O[C@@](O)(CC(=O)N3CCCC[C@H]3C(=O)O[C@H](/C(C)=N/OCCO)[C@H](C)[C@@H](O)C[C@H]1O)[C@H](C)C[C@@H]2OC. The van der Waals surface area contributed by atoms with Crippen molar-refractivity contribution in [3.8, 4) is 0 Å². The van der Waals surface area contributed by atoms with Gasteiger partial charge in [0.15, 0.2) is 5.79 Å². The largest absolute Gasteiger partial charge is 0.454 e. The molecule has 12 atom stereocenters. The van der Waals surface area contributed by atoms with Crippen LogP contribution in [0.25, 0.3) is 0 Å². The minimum Gasteiger partial charge on any atom is -0.454 e. The number of esters is 1. The number of nitrogens with zero attached hydrogens (tertiary/aromatic N) is 2. The molecule has 13 nitrogen and oxygen atoms in total. The lowest BCUT2D eigenvalue weighted by molar-refractivity contribution is -0.321. The van der Waals surface area contributed by atoms with E-state index in [-0.39, 0.29) is 49.7 Å². The van der Waals surface area contributed by atoms with Crippen molar-refractivity contribution in [3.63, 3.8) is 0 Å². The molecule has 13 heteroatoms. The van der Waals surface area contributed by atoms with E-state index in [4.69, 9.17) is 23.8 Å². The van der Waals surface area contributed by atoms with Crippen LogP contribution in [0.3, 0.4) is 0 Å². The Bertz CT molecular complexity index is 1150. The molecule has 0 aliphatic carbocycles. The van der Waals surface area contributed by atoms with E-state index < -0.39 is 66.1 Å². The average Bonchev–Trinajstić information content (AvgIpc) is 3.08. The van der Waals surface area contributed by atoms with Crippen molar-refractivity contribution < 1.29 is 53.8 Å². The Morgan fingerprint density at radius 2 is 1.74 bits per heavy atom. The summed E-state index contributed by atoms with van der Waals surface area (Å²) in [5.74, 6) is -4.15. The number of oxime groups is 1. The molecule has 0 aromatic rings. The zero-order chi connectivity index (χ0) is 37.2. The molecule has 288 valence electrons. The zero-order valence-electron chi connectivity index (χ0n) is 31.5. The number of piperidine rings is 1. The standard InChI is InChI=1S/C37H64N2O11/c1-9-27-17-22(2)16-23(3)18-31(46-7)35-32(47-8)19-24(4)37(45,50-35)21-33(43)39-13-11-10-12-28(39)36(44)49-34(26(6)38-48-15-14-40)25(5)29(41)20-30(27)42/h17,23-25,27-32,34-35,40-42,45H,9-16,18-21H2,1-8H3/b22-17+,38-26+/t23-,24+,25+,27+,28-,29-,30+,31-,32-,34-,35+,37-/m0/s1. The fourth-order valence-electron chi connectivity index (χ4n) is 7.83. The molecule has 50 heavy (non-hydrogen) atoms. The Balaban J connectivity index is 2.05. The average molecular weight is 713 g/mol. The maximum atomic E-state index is 14.0. The number of aliphatic hydroxyl groups is 4. The molecular formula is C37H64N2O11. The lowest BCUT2D eigenvalue weighted by Gasteiger charge is -2.48. The Labute approximate surface area is 298 Å². The van der Waals surface area contributed by atoms with E-state index in [9.17, 15) is 30.0 Å². The number of rotatable bonds is 7. The van der Waals surface area contributed by atoms with Gasteiger partial charge in [0.2, 0.25) is 5.91 Å². The van der Waals surface area contributed by atoms with Gasteiger partial charge in [0.25, 0.3) is 0 Å². The van der Waals surface area contributed by atoms with Crippen molar-refractivity contribution in [1.29, 1.82) is 0 Å². The van der Waals surface area contributed by atoms with E-state index in [2.05, 4.69) is 18.2 Å². The molecule has 3 aliphatic rings. The van der Waals surface area contributed by atoms with Crippen molar-refractivity contribution >= 4 is 17.6 Å². The fraction of sp³-hybridized carbons (Fsp3) is 0.865. The van der Waals surface area contributed by atoms with Crippen molar-refractivity contribution in [2.24, 2.45) is 28.8 Å². The number of hydrogen-bond acceptors (Lipinski definition) is 12. The first-order valence-corrected chi connectivity index (χ1v) is 18.5. The van der Waals surface area contributed by atoms with Crippen LogP contribution in [0.2, 0.25) is 0 Å². The van der Waals surface area contributed by atoms with Gasteiger partial charge < -0.3 is 49.1 Å². The Morgan fingerprint density at radius 3 is 2.38 bits per heavy atom. The summed E-state index contributed by atoms with van der Waals surface area (Å²) in [7, 11) is 3.22. The molecule has 0 saturated carbocycles. The number of methoxy groups -OCH3 is 2. The highest BCUT2D eigenvalue weighted by atomic mass is 16.7. The number of fused-ring (bicyclic) bond motifs is 3. The summed E-state index contributed by atoms with van der Waals surface area (Å²) in [6.45, 7) is 11.3. The molecule has 3 heterocycles. The Hall–Kier alpha value is -2.13. The number of amides is 1. The number of hydrogen-bond donors (Lipinski definition) is 4. The third-order valence-electron chi connectivity index (χ3n) is 10.9. The molecule has 0 unspecified atom stereocenters. The normalized spacial score (nSPS) is 40.2. The quantitative estimate of drug-likeness (QED) is 0.100. The molecule has 0 aromatic heterocycles. The number of ether oxygens (including phenoxy) is 4. The lowest BCUT2D eigenvalue weighted by Crippen LogP contribution is -2.59. The summed E-state index contributed by atoms with van der Waals surface area (Å²) >= 11 is 0. The molecule has 2 fully saturated rings. The van der Waals surface area contributed by atoms with Gasteiger partial charge in [0.05, 0.1) is 43.2 Å². The Kier molecular flexibility index (Phi) is 16.6. The maximum absolute atomic E-state index is 14.0. The number of allylic oxidation sites excluding steroid dienone is 1. The van der Waals surface area contributed by atoms with E-state index in [1.165, 1.54) is 4.90 Å². The third-order valence-corrected chi connectivity index (χ3v) is 10.9. The van der Waals surface area contributed by atoms with Gasteiger partial charge in [-0.15, -0.1) is 0 Å². The lowest BCUT2D eigenvalue weighted by atomic mass is 9.82. The number of carbonyl (C=O) groups excluding carboxylic acids is 2. The summed E-state index contributed by atoms with van der Waals surface area (Å²) < 4.78 is 24.3. The van der Waals surface area contributed by atoms with Crippen LogP contribution >= 0.6 is 0 Å². The summed E-state index contributed by atoms with van der Waals surface area (Å²) in [6, 6.07) is -0.927. The van der Waals surface area contributed by atoms with Gasteiger partial charge in [-0.2, -0.15) is 0 Å². The highest BCUT2D eigenvalue weighted by Crippen LogP contribution is 2.40. The monoisotopic (exact) mass is 712 g/mol. The van der Waals surface area contributed by atoms with Crippen molar-refractivity contribution in [3.05, 3.63) is 11.6 Å². The molecule has 0 spiro atoms. The Morgan fingerprint density at radius 1 is 1.06 bits per heavy atom. The fourth-order valence-corrected chi connectivity index (χ4v) is 7.83. The van der Waals surface area contributed by atoms with Crippen molar-refractivity contribution in [1.82, 2.24) is 4.90 Å². The highest BCUT2D eigenvalue weighted by molar-refractivity contribution is 5.90. The van der Waals surface area contributed by atoms with Crippen molar-refractivity contribution in [2.75, 3.05) is 34.0 Å². The number of aliphatic hydroxyl groups excluding tert-OH is 3. The molecular weight excluding hydrogens is 648 g/mol. The summed E-state index contributed by atoms with van der Waals surface area (Å²) in [5, 5.41) is 48.0. The van der Waals surface area contributed by atoms with Gasteiger partial charge in [-0.25, -0.2) is 4.79 Å². The van der Waals surface area contributed by atoms with Crippen LogP contribution in [0.5, 0.6) is 0 Å². The van der Waals surface area contributed by atoms with Crippen molar-refractivity contribution in [2.45, 2.75) is 148 Å². The first-order valence-electron chi connectivity index (χ1n) is 18.5. The van der Waals surface area contributed by atoms with Gasteiger partial charge in [-0.05, 0) is 64.7 Å². The smallest absolute Gasteiger partial charge is 0.329 e. The molecule has 0 radical (unpaired) electrons. The van der Waals surface area contributed by atoms with E-state index in [0.717, 1.165) is 12.0 Å². The van der Waals surface area contributed by atoms with E-state index >= 15 is 0 Å². The zero-order valence-corrected chi connectivity index (χ0v) is 31.5. The van der Waals surface area contributed by atoms with E-state index in [1.54, 1.807) is 28.1 Å². The topological polar surface area (TPSA) is 177 Å². The minimum absolute atomic E-state index is 0.0335. The van der Waals surface area contributed by atoms with Crippen LogP contribution in [-0.4, -0.2) is 125 Å². The molecule has 0 aromatic carbocycles. The number of cyclic esters (lactones) is 1. The van der Waals surface area contributed by atoms with Gasteiger partial charge in [0.1, 0.15) is 24.9 Å². The second-order valence-corrected chi connectivity index (χ2v) is 14.9. The molecule has 2 bridgehead atoms. The van der Waals surface area contributed by atoms with Crippen LogP contribution in [0.4, 0.5) is 0 Å². The third kappa shape index (κ3) is 10.9. The molecule has 4 N–H and O–H groups in total. The first-order chi connectivity index (χ1) is 23.7. The summed E-state index contributed by atoms with van der Waals surface area (Å²) in [4.78, 5) is 34.6. The van der Waals surface area contributed by atoms with Gasteiger partial charge in [-0.1, -0.05) is 44.5 Å². The summed E-state index contributed by atoms with van der Waals surface area (Å²) in [5.41, 5.74) is 1.35. The van der Waals surface area contributed by atoms with Gasteiger partial charge >= 0.3 is 5.97 Å². The summed E-state index contributed by atoms with van der Waals surface area (Å²) in [6.07, 6.45) is 1.46. The van der Waals surface area contributed by atoms with Gasteiger partial charge in [0, 0.05) is 44.9 Å². The van der Waals surface area contributed by atoms with Gasteiger partial charge in [-0.3, -0.25) is 4.79 Å².